The zero-order valence-electron chi connectivity index (χ0n) is 13.6. The number of anilines is 1. The largest absolute Gasteiger partial charge is 0.370 e. The van der Waals surface area contributed by atoms with Crippen LogP contribution in [0.2, 0.25) is 0 Å². The average Bonchev–Trinajstić information content (AvgIpc) is 3.09. The fraction of sp³-hybridized carbons (Fsp3) is 0.529. The van der Waals surface area contributed by atoms with Gasteiger partial charge in [-0.2, -0.15) is 0 Å². The van der Waals surface area contributed by atoms with E-state index in [0.717, 1.165) is 29.0 Å². The van der Waals surface area contributed by atoms with E-state index in [1.54, 1.807) is 11.3 Å². The number of piperidine rings is 1. The molecule has 3 atom stereocenters. The van der Waals surface area contributed by atoms with Gasteiger partial charge in [-0.05, 0) is 37.4 Å². The molecule has 23 heavy (non-hydrogen) atoms. The monoisotopic (exact) mass is 330 g/mol. The average molecular weight is 330 g/mol. The topological polar surface area (TPSA) is 48.5 Å². The Labute approximate surface area is 140 Å². The number of hydrogen-bond donors (Lipinski definition) is 1. The smallest absolute Gasteiger partial charge is 0.270 e. The highest BCUT2D eigenvalue weighted by Crippen LogP contribution is 2.31. The molecule has 2 aromatic rings. The van der Waals surface area contributed by atoms with Crippen molar-refractivity contribution in [3.8, 4) is 0 Å². The summed E-state index contributed by atoms with van der Waals surface area (Å²) < 4.78 is 1.11. The van der Waals surface area contributed by atoms with E-state index < -0.39 is 0 Å². The molecule has 0 spiro atoms. The minimum Gasteiger partial charge on any atom is -0.370 e. The van der Waals surface area contributed by atoms with E-state index in [1.807, 2.05) is 26.4 Å². The number of nitrogens with one attached hydrogen (secondary N) is 1. The van der Waals surface area contributed by atoms with Crippen LogP contribution in [-0.4, -0.2) is 55.6 Å². The van der Waals surface area contributed by atoms with Crippen molar-refractivity contribution in [1.29, 1.82) is 0 Å². The number of fused-ring (bicyclic) bond motifs is 3. The zero-order chi connectivity index (χ0) is 16.0. The molecule has 0 radical (unpaired) electrons. The van der Waals surface area contributed by atoms with E-state index in [0.29, 0.717) is 5.69 Å². The van der Waals surface area contributed by atoms with Crippen molar-refractivity contribution in [2.24, 2.45) is 5.92 Å². The molecule has 122 valence electrons. The molecule has 0 aliphatic carbocycles. The van der Waals surface area contributed by atoms with Crippen LogP contribution < -0.4 is 10.2 Å². The summed E-state index contributed by atoms with van der Waals surface area (Å²) in [6.45, 7) is 3.37. The second-order valence-electron chi connectivity index (χ2n) is 6.91. The Morgan fingerprint density at radius 2 is 2.26 bits per heavy atom. The van der Waals surface area contributed by atoms with Gasteiger partial charge in [0.1, 0.15) is 5.69 Å². The van der Waals surface area contributed by atoms with Crippen LogP contribution in [0.15, 0.2) is 18.3 Å². The van der Waals surface area contributed by atoms with E-state index in [-0.39, 0.29) is 11.9 Å². The number of carbonyl (C=O) groups is 1. The summed E-state index contributed by atoms with van der Waals surface area (Å²) in [5.41, 5.74) is 0.526. The van der Waals surface area contributed by atoms with E-state index in [2.05, 4.69) is 26.2 Å². The SMILES string of the molecule is CN(C)c1cc2cnc(C(=O)N[C@@H]3C[C@H]4CCN(C4)C3)cc2s1. The van der Waals surface area contributed by atoms with Crippen molar-refractivity contribution in [3.05, 3.63) is 24.0 Å². The molecule has 0 aromatic carbocycles. The Morgan fingerprint density at radius 3 is 3.04 bits per heavy atom. The third-order valence-electron chi connectivity index (χ3n) is 4.86. The van der Waals surface area contributed by atoms with E-state index in [1.165, 1.54) is 24.5 Å². The highest BCUT2D eigenvalue weighted by atomic mass is 32.1. The van der Waals surface area contributed by atoms with Crippen molar-refractivity contribution in [3.63, 3.8) is 0 Å². The van der Waals surface area contributed by atoms with Crippen LogP contribution in [0, 0.1) is 5.92 Å². The standard InChI is InChI=1S/C17H22N4OS/c1-20(2)16-6-12-8-18-14(7-15(12)23-16)17(22)19-13-5-11-3-4-21(9-11)10-13/h6-8,11,13H,3-5,9-10H2,1-2H3,(H,19,22)/t11-,13-/m1/s1. The number of thiophene rings is 1. The lowest BCUT2D eigenvalue weighted by atomic mass is 9.97. The number of pyridine rings is 1. The van der Waals surface area contributed by atoms with Crippen LogP contribution >= 0.6 is 11.3 Å². The molecule has 2 bridgehead atoms. The summed E-state index contributed by atoms with van der Waals surface area (Å²) in [4.78, 5) is 21.4. The first kappa shape index (κ1) is 14.9. The van der Waals surface area contributed by atoms with Gasteiger partial charge in [0.25, 0.3) is 5.91 Å². The molecule has 4 heterocycles. The van der Waals surface area contributed by atoms with Gasteiger partial charge in [-0.25, -0.2) is 0 Å². The van der Waals surface area contributed by atoms with Crippen LogP contribution in [0.25, 0.3) is 10.1 Å². The van der Waals surface area contributed by atoms with Gasteiger partial charge < -0.3 is 15.1 Å². The summed E-state index contributed by atoms with van der Waals surface area (Å²) >= 11 is 1.69. The van der Waals surface area contributed by atoms with Crippen molar-refractivity contribution >= 4 is 32.3 Å². The molecule has 5 nitrogen and oxygen atoms in total. The highest BCUT2D eigenvalue weighted by Gasteiger charge is 2.33. The second-order valence-corrected chi connectivity index (χ2v) is 7.97. The van der Waals surface area contributed by atoms with E-state index in [4.69, 9.17) is 0 Å². The highest BCUT2D eigenvalue weighted by molar-refractivity contribution is 7.22. The van der Waals surface area contributed by atoms with Crippen molar-refractivity contribution in [2.45, 2.75) is 18.9 Å². The predicted molar refractivity (Wildman–Crippen MR) is 94.4 cm³/mol. The second kappa shape index (κ2) is 5.76. The first-order valence-electron chi connectivity index (χ1n) is 8.18. The fourth-order valence-electron chi connectivity index (χ4n) is 3.69. The number of nitrogens with zero attached hydrogens (tertiary/aromatic N) is 3. The maximum Gasteiger partial charge on any atom is 0.270 e. The maximum absolute atomic E-state index is 12.5. The third-order valence-corrected chi connectivity index (χ3v) is 6.13. The molecule has 2 fully saturated rings. The Bertz CT molecular complexity index is 729. The fourth-order valence-corrected chi connectivity index (χ4v) is 4.68. The van der Waals surface area contributed by atoms with Gasteiger partial charge in [0, 0.05) is 49.5 Å². The molecular formula is C17H22N4OS. The zero-order valence-corrected chi connectivity index (χ0v) is 14.4. The van der Waals surface area contributed by atoms with Gasteiger partial charge in [0.2, 0.25) is 0 Å². The molecule has 2 aliphatic rings. The van der Waals surface area contributed by atoms with Gasteiger partial charge in [-0.3, -0.25) is 9.78 Å². The van der Waals surface area contributed by atoms with Crippen LogP contribution in [0.5, 0.6) is 0 Å². The Balaban J connectivity index is 1.50. The lowest BCUT2D eigenvalue weighted by molar-refractivity contribution is 0.0904. The minimum absolute atomic E-state index is 0.0424. The van der Waals surface area contributed by atoms with Crippen LogP contribution in [-0.2, 0) is 0 Å². The Morgan fingerprint density at radius 1 is 1.39 bits per heavy atom. The summed E-state index contributed by atoms with van der Waals surface area (Å²) in [5, 5.41) is 5.45. The summed E-state index contributed by atoms with van der Waals surface area (Å²) in [6.07, 6.45) is 4.19. The first-order valence-corrected chi connectivity index (χ1v) is 9.00. The maximum atomic E-state index is 12.5. The summed E-state index contributed by atoms with van der Waals surface area (Å²) in [5.74, 6) is 0.712. The molecule has 4 rings (SSSR count). The van der Waals surface area contributed by atoms with Crippen LogP contribution in [0.4, 0.5) is 5.00 Å². The van der Waals surface area contributed by atoms with Crippen LogP contribution in [0.1, 0.15) is 23.3 Å². The molecular weight excluding hydrogens is 308 g/mol. The van der Waals surface area contributed by atoms with Crippen LogP contribution in [0.3, 0.4) is 0 Å². The molecule has 2 aromatic heterocycles. The van der Waals surface area contributed by atoms with E-state index >= 15 is 0 Å². The number of hydrogen-bond acceptors (Lipinski definition) is 5. The number of aromatic nitrogens is 1. The molecule has 1 N–H and O–H groups in total. The normalized spacial score (nSPS) is 26.4. The molecule has 6 heteroatoms. The van der Waals surface area contributed by atoms with Gasteiger partial charge in [-0.15, -0.1) is 11.3 Å². The lowest BCUT2D eigenvalue weighted by Gasteiger charge is -2.30. The van der Waals surface area contributed by atoms with E-state index in [9.17, 15) is 4.79 Å². The molecule has 1 amide bonds. The third kappa shape index (κ3) is 2.93. The summed E-state index contributed by atoms with van der Waals surface area (Å²) in [7, 11) is 4.05. The van der Waals surface area contributed by atoms with Gasteiger partial charge >= 0.3 is 0 Å². The number of amides is 1. The van der Waals surface area contributed by atoms with Crippen molar-refractivity contribution in [2.75, 3.05) is 38.6 Å². The number of carbonyl (C=O) groups excluding carboxylic acids is 1. The Kier molecular flexibility index (Phi) is 3.73. The molecule has 1 unspecified atom stereocenters. The lowest BCUT2D eigenvalue weighted by Crippen LogP contribution is -2.47. The molecule has 0 saturated carbocycles. The predicted octanol–water partition coefficient (Wildman–Crippen LogP) is 2.19. The van der Waals surface area contributed by atoms with Crippen molar-refractivity contribution in [1.82, 2.24) is 15.2 Å². The molecule has 2 aliphatic heterocycles. The van der Waals surface area contributed by atoms with Gasteiger partial charge in [0.05, 0.1) is 5.00 Å². The Hall–Kier alpha value is -1.66. The van der Waals surface area contributed by atoms with Gasteiger partial charge in [-0.1, -0.05) is 0 Å². The minimum atomic E-state index is -0.0424. The molecule has 2 saturated heterocycles. The first-order chi connectivity index (χ1) is 11.1. The number of rotatable bonds is 3. The summed E-state index contributed by atoms with van der Waals surface area (Å²) in [6, 6.07) is 4.29. The van der Waals surface area contributed by atoms with Crippen molar-refractivity contribution < 1.29 is 4.79 Å². The van der Waals surface area contributed by atoms with Gasteiger partial charge in [0.15, 0.2) is 0 Å². The quantitative estimate of drug-likeness (QED) is 0.937.